The van der Waals surface area contributed by atoms with Crippen molar-refractivity contribution in [3.05, 3.63) is 71.9 Å². The molecule has 0 radical (unpaired) electrons. The van der Waals surface area contributed by atoms with E-state index < -0.39 is 23.8 Å². The number of hydrogen-bond donors (Lipinski definition) is 2. The summed E-state index contributed by atoms with van der Waals surface area (Å²) in [7, 11) is 0. The van der Waals surface area contributed by atoms with Gasteiger partial charge < -0.3 is 9.67 Å². The highest BCUT2D eigenvalue weighted by Crippen LogP contribution is 2.25. The molecule has 4 rings (SSSR count). The van der Waals surface area contributed by atoms with Crippen molar-refractivity contribution in [1.29, 1.82) is 0 Å². The van der Waals surface area contributed by atoms with Gasteiger partial charge in [0.1, 0.15) is 11.6 Å². The number of aliphatic carboxylic acids is 1. The van der Waals surface area contributed by atoms with Crippen LogP contribution < -0.4 is 10.2 Å². The second-order valence-corrected chi connectivity index (χ2v) is 7.24. The maximum atomic E-state index is 13.0. The standard InChI is InChI=1S/C22H17N3O4S/c1-13(21(28)29)24-10-9-15-11-14(7-8-18(15)24)12-17-19(26)23-22(30)25(20(17)27)16-5-3-2-4-6-16/h2-13H,1H3,(H,28,29)(H,23,26,30)/b17-12+/t13-/m0/s1. The minimum absolute atomic E-state index is 0.0311. The number of carbonyl (C=O) groups is 3. The Hall–Kier alpha value is -3.78. The largest absolute Gasteiger partial charge is 0.480 e. The lowest BCUT2D eigenvalue weighted by atomic mass is 10.1. The molecule has 2 heterocycles. The highest BCUT2D eigenvalue weighted by atomic mass is 32.1. The van der Waals surface area contributed by atoms with Crippen molar-refractivity contribution in [3.63, 3.8) is 0 Å². The van der Waals surface area contributed by atoms with Crippen LogP contribution in [0, 0.1) is 0 Å². The van der Waals surface area contributed by atoms with Crippen molar-refractivity contribution >= 4 is 57.8 Å². The maximum Gasteiger partial charge on any atom is 0.326 e. The maximum absolute atomic E-state index is 13.0. The third-order valence-electron chi connectivity index (χ3n) is 4.95. The molecule has 1 fully saturated rings. The summed E-state index contributed by atoms with van der Waals surface area (Å²) in [6.07, 6.45) is 3.21. The Morgan fingerprint density at radius 1 is 1.13 bits per heavy atom. The van der Waals surface area contributed by atoms with Gasteiger partial charge in [0.25, 0.3) is 11.8 Å². The van der Waals surface area contributed by atoms with Gasteiger partial charge in [0.05, 0.1) is 5.69 Å². The number of nitrogens with zero attached hydrogens (tertiary/aromatic N) is 2. The predicted molar refractivity (Wildman–Crippen MR) is 117 cm³/mol. The number of rotatable bonds is 4. The molecule has 2 amide bonds. The first kappa shape index (κ1) is 19.5. The number of aromatic nitrogens is 1. The van der Waals surface area contributed by atoms with E-state index in [-0.39, 0.29) is 10.7 Å². The molecule has 1 saturated heterocycles. The molecule has 30 heavy (non-hydrogen) atoms. The van der Waals surface area contributed by atoms with Crippen LogP contribution in [0.4, 0.5) is 5.69 Å². The molecule has 1 aliphatic heterocycles. The first-order chi connectivity index (χ1) is 14.4. The van der Waals surface area contributed by atoms with Gasteiger partial charge in [0.15, 0.2) is 5.11 Å². The Labute approximate surface area is 177 Å². The smallest absolute Gasteiger partial charge is 0.326 e. The van der Waals surface area contributed by atoms with Gasteiger partial charge in [-0.2, -0.15) is 0 Å². The molecule has 7 nitrogen and oxygen atoms in total. The number of para-hydroxylation sites is 1. The number of fused-ring (bicyclic) bond motifs is 1. The second-order valence-electron chi connectivity index (χ2n) is 6.85. The summed E-state index contributed by atoms with van der Waals surface area (Å²) in [6.45, 7) is 1.60. The molecule has 0 spiro atoms. The summed E-state index contributed by atoms with van der Waals surface area (Å²) in [5, 5.41) is 12.6. The Morgan fingerprint density at radius 2 is 1.87 bits per heavy atom. The van der Waals surface area contributed by atoms with Gasteiger partial charge in [0.2, 0.25) is 0 Å². The molecule has 0 saturated carbocycles. The van der Waals surface area contributed by atoms with Crippen LogP contribution in [0.3, 0.4) is 0 Å². The molecule has 2 aromatic carbocycles. The molecule has 1 atom stereocenters. The van der Waals surface area contributed by atoms with Gasteiger partial charge >= 0.3 is 5.97 Å². The van der Waals surface area contributed by atoms with E-state index in [0.29, 0.717) is 11.3 Å². The second kappa shape index (κ2) is 7.57. The van der Waals surface area contributed by atoms with Crippen LogP contribution in [0.1, 0.15) is 18.5 Å². The third kappa shape index (κ3) is 3.37. The van der Waals surface area contributed by atoms with E-state index in [2.05, 4.69) is 5.32 Å². The summed E-state index contributed by atoms with van der Waals surface area (Å²) in [5.74, 6) is -2.00. The molecule has 150 valence electrons. The van der Waals surface area contributed by atoms with Crippen LogP contribution in [0.5, 0.6) is 0 Å². The lowest BCUT2D eigenvalue weighted by Crippen LogP contribution is -2.54. The number of thiocarbonyl (C=S) groups is 1. The fraction of sp³-hybridized carbons (Fsp3) is 0.0909. The van der Waals surface area contributed by atoms with Crippen molar-refractivity contribution in [1.82, 2.24) is 9.88 Å². The van der Waals surface area contributed by atoms with Crippen molar-refractivity contribution < 1.29 is 19.5 Å². The number of carboxylic acids is 1. The first-order valence-corrected chi connectivity index (χ1v) is 9.57. The van der Waals surface area contributed by atoms with Crippen molar-refractivity contribution in [2.45, 2.75) is 13.0 Å². The Kier molecular flexibility index (Phi) is 4.93. The molecule has 0 aliphatic carbocycles. The minimum atomic E-state index is -0.930. The van der Waals surface area contributed by atoms with Crippen LogP contribution in [0.25, 0.3) is 17.0 Å². The van der Waals surface area contributed by atoms with Crippen LogP contribution in [-0.2, 0) is 14.4 Å². The number of hydrogen-bond acceptors (Lipinski definition) is 4. The van der Waals surface area contributed by atoms with Crippen LogP contribution >= 0.6 is 12.2 Å². The zero-order chi connectivity index (χ0) is 21.4. The van der Waals surface area contributed by atoms with Gasteiger partial charge in [-0.15, -0.1) is 0 Å². The summed E-state index contributed by atoms with van der Waals surface area (Å²) in [4.78, 5) is 38.0. The lowest BCUT2D eigenvalue weighted by Gasteiger charge is -2.28. The number of anilines is 1. The van der Waals surface area contributed by atoms with Gasteiger partial charge in [-0.25, -0.2) is 4.79 Å². The van der Waals surface area contributed by atoms with Crippen molar-refractivity contribution in [2.75, 3.05) is 4.90 Å². The fourth-order valence-electron chi connectivity index (χ4n) is 3.36. The topological polar surface area (TPSA) is 91.6 Å². The van der Waals surface area contributed by atoms with Gasteiger partial charge in [-0.3, -0.25) is 19.8 Å². The van der Waals surface area contributed by atoms with E-state index in [1.807, 2.05) is 6.07 Å². The number of benzene rings is 2. The van der Waals surface area contributed by atoms with Gasteiger partial charge in [0, 0.05) is 17.1 Å². The van der Waals surface area contributed by atoms with Gasteiger partial charge in [-0.1, -0.05) is 24.3 Å². The summed E-state index contributed by atoms with van der Waals surface area (Å²) in [6, 6.07) is 15.2. The Bertz CT molecular complexity index is 1230. The van der Waals surface area contributed by atoms with Crippen LogP contribution in [0.15, 0.2) is 66.4 Å². The molecule has 1 aromatic heterocycles. The molecular formula is C22H17N3O4S. The van der Waals surface area contributed by atoms with Gasteiger partial charge in [-0.05, 0) is 61.1 Å². The zero-order valence-electron chi connectivity index (χ0n) is 15.9. The summed E-state index contributed by atoms with van der Waals surface area (Å²) >= 11 is 5.19. The fourth-order valence-corrected chi connectivity index (χ4v) is 3.65. The monoisotopic (exact) mass is 419 g/mol. The molecule has 8 heteroatoms. The first-order valence-electron chi connectivity index (χ1n) is 9.17. The quantitative estimate of drug-likeness (QED) is 0.385. The van der Waals surface area contributed by atoms with E-state index in [1.54, 1.807) is 66.2 Å². The number of amides is 2. The predicted octanol–water partition coefficient (Wildman–Crippen LogP) is 3.12. The molecular weight excluding hydrogens is 402 g/mol. The average Bonchev–Trinajstić information content (AvgIpc) is 3.14. The van der Waals surface area contributed by atoms with E-state index in [9.17, 15) is 19.5 Å². The molecule has 1 aliphatic rings. The van der Waals surface area contributed by atoms with Crippen molar-refractivity contribution in [3.8, 4) is 0 Å². The number of nitrogens with one attached hydrogen (secondary N) is 1. The normalized spacial score (nSPS) is 16.8. The number of carbonyl (C=O) groups excluding carboxylic acids is 2. The average molecular weight is 419 g/mol. The lowest BCUT2D eigenvalue weighted by molar-refractivity contribution is -0.140. The molecule has 3 aromatic rings. The highest BCUT2D eigenvalue weighted by molar-refractivity contribution is 7.80. The molecule has 0 bridgehead atoms. The highest BCUT2D eigenvalue weighted by Gasteiger charge is 2.34. The SMILES string of the molecule is C[C@@H](C(=O)O)n1ccc2cc(/C=C3\C(=O)NC(=S)N(c4ccccc4)C3=O)ccc21. The van der Waals surface area contributed by atoms with E-state index in [1.165, 1.54) is 11.0 Å². The van der Waals surface area contributed by atoms with E-state index in [4.69, 9.17) is 12.2 Å². The number of carboxylic acid groups (broad SMARTS) is 1. The Balaban J connectivity index is 1.72. The Morgan fingerprint density at radius 3 is 2.57 bits per heavy atom. The van der Waals surface area contributed by atoms with E-state index in [0.717, 1.165) is 10.9 Å². The minimum Gasteiger partial charge on any atom is -0.480 e. The third-order valence-corrected chi connectivity index (χ3v) is 5.23. The summed E-state index contributed by atoms with van der Waals surface area (Å²) in [5.41, 5.74) is 1.92. The molecule has 2 N–H and O–H groups in total. The zero-order valence-corrected chi connectivity index (χ0v) is 16.7. The van der Waals surface area contributed by atoms with E-state index >= 15 is 0 Å². The molecule has 0 unspecified atom stereocenters. The van der Waals surface area contributed by atoms with Crippen LogP contribution in [-0.4, -0.2) is 32.6 Å². The van der Waals surface area contributed by atoms with Crippen LogP contribution in [0.2, 0.25) is 0 Å². The van der Waals surface area contributed by atoms with Crippen molar-refractivity contribution in [2.24, 2.45) is 0 Å². The summed E-state index contributed by atoms with van der Waals surface area (Å²) < 4.78 is 1.66.